The van der Waals surface area contributed by atoms with Crippen molar-refractivity contribution < 1.29 is 4.79 Å². The maximum Gasteiger partial charge on any atom is 0.133 e. The Balaban J connectivity index is 2.16. The highest BCUT2D eigenvalue weighted by molar-refractivity contribution is 8.25. The zero-order chi connectivity index (χ0) is 10.7. The van der Waals surface area contributed by atoms with Crippen LogP contribution in [0.5, 0.6) is 0 Å². The predicted octanol–water partition coefficient (Wildman–Crippen LogP) is 2.96. The molecule has 0 bridgehead atoms. The van der Waals surface area contributed by atoms with Gasteiger partial charge in [-0.3, -0.25) is 4.79 Å². The lowest BCUT2D eigenvalue weighted by atomic mass is 9.84. The fourth-order valence-corrected chi connectivity index (χ4v) is 4.65. The van der Waals surface area contributed by atoms with Crippen molar-refractivity contribution in [1.82, 2.24) is 0 Å². The standard InChI is InChI=1S/C11H13NOS2/c12-7-10(11-14-4-5-15-11)8-2-1-3-9(13)6-8/h8H,1-6H2. The summed E-state index contributed by atoms with van der Waals surface area (Å²) >= 11 is 3.56. The van der Waals surface area contributed by atoms with Gasteiger partial charge in [-0.05, 0) is 12.8 Å². The molecular weight excluding hydrogens is 226 g/mol. The monoisotopic (exact) mass is 239 g/mol. The number of nitrogens with zero attached hydrogens (tertiary/aromatic N) is 1. The minimum absolute atomic E-state index is 0.212. The second kappa shape index (κ2) is 5.09. The van der Waals surface area contributed by atoms with Crippen molar-refractivity contribution in [2.75, 3.05) is 11.5 Å². The van der Waals surface area contributed by atoms with Crippen molar-refractivity contribution in [1.29, 1.82) is 5.26 Å². The molecule has 0 aromatic rings. The van der Waals surface area contributed by atoms with E-state index in [1.165, 1.54) is 4.24 Å². The average molecular weight is 239 g/mol. The second-order valence-corrected chi connectivity index (χ2v) is 6.31. The highest BCUT2D eigenvalue weighted by Gasteiger charge is 2.26. The molecule has 0 aromatic carbocycles. The molecule has 0 aromatic heterocycles. The smallest absolute Gasteiger partial charge is 0.133 e. The van der Waals surface area contributed by atoms with Gasteiger partial charge in [0.2, 0.25) is 0 Å². The van der Waals surface area contributed by atoms with E-state index >= 15 is 0 Å². The van der Waals surface area contributed by atoms with Gasteiger partial charge in [0.05, 0.1) is 15.9 Å². The van der Waals surface area contributed by atoms with Crippen molar-refractivity contribution in [3.05, 3.63) is 9.81 Å². The van der Waals surface area contributed by atoms with E-state index in [4.69, 9.17) is 0 Å². The molecule has 2 aliphatic rings. The van der Waals surface area contributed by atoms with Gasteiger partial charge in [-0.15, -0.1) is 23.5 Å². The summed E-state index contributed by atoms with van der Waals surface area (Å²) in [6, 6.07) is 2.32. The third-order valence-corrected chi connectivity index (χ3v) is 5.53. The van der Waals surface area contributed by atoms with Crippen LogP contribution in [0.25, 0.3) is 0 Å². The van der Waals surface area contributed by atoms with Crippen molar-refractivity contribution in [2.45, 2.75) is 25.7 Å². The maximum absolute atomic E-state index is 11.4. The van der Waals surface area contributed by atoms with E-state index < -0.39 is 0 Å². The summed E-state index contributed by atoms with van der Waals surface area (Å²) in [6.07, 6.45) is 3.27. The molecule has 0 spiro atoms. The number of ketones is 1. The van der Waals surface area contributed by atoms with Crippen molar-refractivity contribution in [3.8, 4) is 6.07 Å². The van der Waals surface area contributed by atoms with Gasteiger partial charge in [-0.2, -0.15) is 5.26 Å². The number of carbonyl (C=O) groups excluding carboxylic acids is 1. The first-order valence-electron chi connectivity index (χ1n) is 5.23. The molecular formula is C11H13NOS2. The zero-order valence-electron chi connectivity index (χ0n) is 8.49. The Morgan fingerprint density at radius 2 is 2.13 bits per heavy atom. The Morgan fingerprint density at radius 3 is 2.73 bits per heavy atom. The van der Waals surface area contributed by atoms with Crippen LogP contribution in [-0.2, 0) is 4.79 Å². The Hall–Kier alpha value is -0.400. The molecule has 0 radical (unpaired) electrons. The van der Waals surface area contributed by atoms with Crippen LogP contribution in [0.1, 0.15) is 25.7 Å². The molecule has 1 aliphatic carbocycles. The van der Waals surface area contributed by atoms with E-state index in [0.717, 1.165) is 29.9 Å². The van der Waals surface area contributed by atoms with Gasteiger partial charge in [0.15, 0.2) is 0 Å². The van der Waals surface area contributed by atoms with Crippen LogP contribution in [0.2, 0.25) is 0 Å². The fourth-order valence-electron chi connectivity index (χ4n) is 2.04. The minimum Gasteiger partial charge on any atom is -0.300 e. The van der Waals surface area contributed by atoms with E-state index in [9.17, 15) is 10.1 Å². The number of rotatable bonds is 1. The molecule has 1 atom stereocenters. The van der Waals surface area contributed by atoms with Crippen LogP contribution in [0.15, 0.2) is 9.81 Å². The van der Waals surface area contributed by atoms with E-state index in [-0.39, 0.29) is 5.92 Å². The number of hydrogen-bond donors (Lipinski definition) is 0. The van der Waals surface area contributed by atoms with Gasteiger partial charge < -0.3 is 0 Å². The van der Waals surface area contributed by atoms with Gasteiger partial charge in [0, 0.05) is 30.3 Å². The largest absolute Gasteiger partial charge is 0.300 e. The Morgan fingerprint density at radius 1 is 1.40 bits per heavy atom. The number of carbonyl (C=O) groups is 1. The molecule has 4 heteroatoms. The van der Waals surface area contributed by atoms with Crippen molar-refractivity contribution in [2.24, 2.45) is 5.92 Å². The van der Waals surface area contributed by atoms with Crippen LogP contribution >= 0.6 is 23.5 Å². The molecule has 2 fully saturated rings. The summed E-state index contributed by atoms with van der Waals surface area (Å²) in [5, 5.41) is 9.18. The predicted molar refractivity (Wildman–Crippen MR) is 64.5 cm³/mol. The van der Waals surface area contributed by atoms with Crippen LogP contribution in [0.3, 0.4) is 0 Å². The third kappa shape index (κ3) is 2.59. The quantitative estimate of drug-likeness (QED) is 0.660. The SMILES string of the molecule is N#CC(=C1SCCS1)C1CCCC(=O)C1. The summed E-state index contributed by atoms with van der Waals surface area (Å²) in [5.74, 6) is 2.74. The van der Waals surface area contributed by atoms with Gasteiger partial charge in [0.1, 0.15) is 5.78 Å². The Labute approximate surface area is 98.5 Å². The average Bonchev–Trinajstić information content (AvgIpc) is 2.72. The molecule has 0 N–H and O–H groups in total. The molecule has 2 rings (SSSR count). The van der Waals surface area contributed by atoms with Crippen LogP contribution in [0.4, 0.5) is 0 Å². The Bertz CT molecular complexity index is 335. The van der Waals surface area contributed by atoms with Crippen LogP contribution in [-0.4, -0.2) is 17.3 Å². The summed E-state index contributed by atoms with van der Waals surface area (Å²) in [4.78, 5) is 11.4. The molecule has 1 unspecified atom stereocenters. The summed E-state index contributed by atoms with van der Waals surface area (Å²) in [7, 11) is 0. The molecule has 2 nitrogen and oxygen atoms in total. The number of allylic oxidation sites excluding steroid dienone is 1. The number of Topliss-reactive ketones (excluding diaryl/α,β-unsaturated/α-hetero) is 1. The first-order chi connectivity index (χ1) is 7.31. The summed E-state index contributed by atoms with van der Waals surface area (Å²) in [6.45, 7) is 0. The first-order valence-corrected chi connectivity index (χ1v) is 7.20. The lowest BCUT2D eigenvalue weighted by Crippen LogP contribution is -2.16. The van der Waals surface area contributed by atoms with E-state index in [1.54, 1.807) is 23.5 Å². The number of thioether (sulfide) groups is 2. The molecule has 1 aliphatic heterocycles. The number of hydrogen-bond acceptors (Lipinski definition) is 4. The topological polar surface area (TPSA) is 40.9 Å². The minimum atomic E-state index is 0.212. The fraction of sp³-hybridized carbons (Fsp3) is 0.636. The van der Waals surface area contributed by atoms with Crippen LogP contribution < -0.4 is 0 Å². The highest BCUT2D eigenvalue weighted by atomic mass is 32.2. The first kappa shape index (κ1) is 11.1. The summed E-state index contributed by atoms with van der Waals surface area (Å²) < 4.78 is 1.18. The normalized spacial score (nSPS) is 26.5. The molecule has 80 valence electrons. The van der Waals surface area contributed by atoms with Crippen molar-refractivity contribution >= 4 is 29.3 Å². The van der Waals surface area contributed by atoms with E-state index in [2.05, 4.69) is 6.07 Å². The molecule has 1 saturated heterocycles. The number of nitriles is 1. The van der Waals surface area contributed by atoms with Gasteiger partial charge in [0.25, 0.3) is 0 Å². The summed E-state index contributed by atoms with van der Waals surface area (Å²) in [5.41, 5.74) is 0.885. The lowest BCUT2D eigenvalue weighted by Gasteiger charge is -2.20. The second-order valence-electron chi connectivity index (χ2n) is 3.84. The molecule has 15 heavy (non-hydrogen) atoms. The Kier molecular flexibility index (Phi) is 3.76. The molecule has 1 heterocycles. The highest BCUT2D eigenvalue weighted by Crippen LogP contribution is 2.42. The van der Waals surface area contributed by atoms with Crippen LogP contribution in [0, 0.1) is 17.2 Å². The van der Waals surface area contributed by atoms with Crippen molar-refractivity contribution in [3.63, 3.8) is 0 Å². The van der Waals surface area contributed by atoms with Gasteiger partial charge in [-0.1, -0.05) is 0 Å². The zero-order valence-corrected chi connectivity index (χ0v) is 10.1. The third-order valence-electron chi connectivity index (χ3n) is 2.78. The van der Waals surface area contributed by atoms with E-state index in [1.807, 2.05) is 0 Å². The lowest BCUT2D eigenvalue weighted by molar-refractivity contribution is -0.121. The van der Waals surface area contributed by atoms with E-state index in [0.29, 0.717) is 18.6 Å². The van der Waals surface area contributed by atoms with Gasteiger partial charge in [-0.25, -0.2) is 0 Å². The molecule has 1 saturated carbocycles. The molecule has 0 amide bonds. The maximum atomic E-state index is 11.4. The van der Waals surface area contributed by atoms with Gasteiger partial charge >= 0.3 is 0 Å².